The van der Waals surface area contributed by atoms with Crippen molar-refractivity contribution in [1.29, 1.82) is 0 Å². The van der Waals surface area contributed by atoms with Crippen LogP contribution in [-0.2, 0) is 11.3 Å². The molecule has 0 radical (unpaired) electrons. The average molecular weight is 255 g/mol. The zero-order valence-corrected chi connectivity index (χ0v) is 10.4. The lowest BCUT2D eigenvalue weighted by molar-refractivity contribution is -0.385. The van der Waals surface area contributed by atoms with Gasteiger partial charge in [-0.2, -0.15) is 5.10 Å². The Hall–Kier alpha value is -1.96. The van der Waals surface area contributed by atoms with Crippen molar-refractivity contribution in [3.05, 3.63) is 22.5 Å². The predicted molar refractivity (Wildman–Crippen MR) is 64.7 cm³/mol. The van der Waals surface area contributed by atoms with E-state index in [0.717, 1.165) is 0 Å². The van der Waals surface area contributed by atoms with Gasteiger partial charge in [-0.3, -0.25) is 19.6 Å². The van der Waals surface area contributed by atoms with Crippen LogP contribution in [0, 0.1) is 16.0 Å². The third kappa shape index (κ3) is 3.81. The highest BCUT2D eigenvalue weighted by Gasteiger charge is 2.16. The first-order valence-electron chi connectivity index (χ1n) is 5.62. The van der Waals surface area contributed by atoms with E-state index in [0.29, 0.717) is 13.1 Å². The molecule has 0 aliphatic carbocycles. The Morgan fingerprint density at radius 1 is 1.67 bits per heavy atom. The summed E-state index contributed by atoms with van der Waals surface area (Å²) in [7, 11) is 0. The summed E-state index contributed by atoms with van der Waals surface area (Å²) < 4.78 is 1.40. The second-order valence-electron chi connectivity index (χ2n) is 4.28. The van der Waals surface area contributed by atoms with Crippen LogP contribution in [0.2, 0.25) is 0 Å². The zero-order valence-electron chi connectivity index (χ0n) is 10.4. The molecule has 1 aromatic rings. The summed E-state index contributed by atoms with van der Waals surface area (Å²) in [5.74, 6) is -0.164. The van der Waals surface area contributed by atoms with Gasteiger partial charge in [0.2, 0.25) is 5.91 Å². The summed E-state index contributed by atoms with van der Waals surface area (Å²) in [6.07, 6.45) is 2.48. The van der Waals surface area contributed by atoms with Crippen LogP contribution in [0.4, 0.5) is 5.69 Å². The van der Waals surface area contributed by atoms with Gasteiger partial charge in [0.15, 0.2) is 0 Å². The van der Waals surface area contributed by atoms with E-state index in [9.17, 15) is 14.9 Å². The summed E-state index contributed by atoms with van der Waals surface area (Å²) >= 11 is 0. The van der Waals surface area contributed by atoms with E-state index in [4.69, 9.17) is 5.73 Å². The lowest BCUT2D eigenvalue weighted by Gasteiger charge is -2.15. The molecular formula is C10H17N5O3. The van der Waals surface area contributed by atoms with Gasteiger partial charge in [0, 0.05) is 6.54 Å². The minimum absolute atomic E-state index is 0.0655. The Morgan fingerprint density at radius 3 is 2.83 bits per heavy atom. The Bertz CT molecular complexity index is 429. The molecule has 1 atom stereocenters. The highest BCUT2D eigenvalue weighted by molar-refractivity contribution is 5.81. The van der Waals surface area contributed by atoms with Crippen LogP contribution >= 0.6 is 0 Å². The van der Waals surface area contributed by atoms with E-state index >= 15 is 0 Å². The molecule has 1 amide bonds. The van der Waals surface area contributed by atoms with E-state index in [1.54, 1.807) is 0 Å². The fraction of sp³-hybridized carbons (Fsp3) is 0.600. The Balaban J connectivity index is 2.37. The molecule has 18 heavy (non-hydrogen) atoms. The number of nitrogens with one attached hydrogen (secondary N) is 1. The van der Waals surface area contributed by atoms with Crippen molar-refractivity contribution in [3.63, 3.8) is 0 Å². The van der Waals surface area contributed by atoms with E-state index in [1.807, 2.05) is 13.8 Å². The zero-order chi connectivity index (χ0) is 13.7. The maximum absolute atomic E-state index is 11.5. The Morgan fingerprint density at radius 2 is 2.33 bits per heavy atom. The SMILES string of the molecule is CC(C)[C@H](N)C(=O)NCCn1cc([N+](=O)[O-])cn1. The maximum atomic E-state index is 11.5. The van der Waals surface area contributed by atoms with Crippen LogP contribution in [0.5, 0.6) is 0 Å². The van der Waals surface area contributed by atoms with Gasteiger partial charge in [-0.1, -0.05) is 13.8 Å². The molecule has 0 fully saturated rings. The summed E-state index contributed by atoms with van der Waals surface area (Å²) in [4.78, 5) is 21.4. The molecule has 0 spiro atoms. The van der Waals surface area contributed by atoms with Gasteiger partial charge >= 0.3 is 5.69 Å². The highest BCUT2D eigenvalue weighted by atomic mass is 16.6. The summed E-state index contributed by atoms with van der Waals surface area (Å²) in [6, 6.07) is -0.544. The Kier molecular flexibility index (Phi) is 4.78. The van der Waals surface area contributed by atoms with Crippen molar-refractivity contribution >= 4 is 11.6 Å². The molecule has 100 valence electrons. The van der Waals surface area contributed by atoms with E-state index in [2.05, 4.69) is 10.4 Å². The molecule has 8 nitrogen and oxygen atoms in total. The fourth-order valence-corrected chi connectivity index (χ4v) is 1.28. The van der Waals surface area contributed by atoms with Crippen LogP contribution in [0.1, 0.15) is 13.8 Å². The Labute approximate surface area is 104 Å². The number of amides is 1. The molecule has 3 N–H and O–H groups in total. The van der Waals surface area contributed by atoms with Crippen LogP contribution in [-0.4, -0.2) is 33.2 Å². The third-order valence-corrected chi connectivity index (χ3v) is 2.49. The average Bonchev–Trinajstić information content (AvgIpc) is 2.76. The predicted octanol–water partition coefficient (Wildman–Crippen LogP) is -0.109. The third-order valence-electron chi connectivity index (χ3n) is 2.49. The minimum atomic E-state index is -0.544. The first kappa shape index (κ1) is 14.1. The van der Waals surface area contributed by atoms with Crippen LogP contribution in [0.3, 0.4) is 0 Å². The smallest absolute Gasteiger partial charge is 0.306 e. The van der Waals surface area contributed by atoms with Crippen LogP contribution in [0.25, 0.3) is 0 Å². The van der Waals surface area contributed by atoms with Crippen molar-refractivity contribution in [2.45, 2.75) is 26.4 Å². The molecular weight excluding hydrogens is 238 g/mol. The van der Waals surface area contributed by atoms with Crippen LogP contribution < -0.4 is 11.1 Å². The monoisotopic (exact) mass is 255 g/mol. The summed E-state index contributed by atoms with van der Waals surface area (Å²) in [5, 5.41) is 16.9. The number of carbonyl (C=O) groups is 1. The number of carbonyl (C=O) groups excluding carboxylic acids is 1. The normalized spacial score (nSPS) is 12.4. The molecule has 1 heterocycles. The largest absolute Gasteiger partial charge is 0.353 e. The molecule has 8 heteroatoms. The number of aromatic nitrogens is 2. The topological polar surface area (TPSA) is 116 Å². The maximum Gasteiger partial charge on any atom is 0.306 e. The first-order chi connectivity index (χ1) is 8.41. The number of hydrogen-bond acceptors (Lipinski definition) is 5. The molecule has 0 bridgehead atoms. The van der Waals surface area contributed by atoms with E-state index < -0.39 is 11.0 Å². The van der Waals surface area contributed by atoms with Gasteiger partial charge in [0.25, 0.3) is 0 Å². The number of rotatable bonds is 6. The van der Waals surface area contributed by atoms with Gasteiger partial charge in [-0.25, -0.2) is 0 Å². The second-order valence-corrected chi connectivity index (χ2v) is 4.28. The second kappa shape index (κ2) is 6.10. The first-order valence-corrected chi connectivity index (χ1v) is 5.62. The standard InChI is InChI=1S/C10H17N5O3/c1-7(2)9(11)10(16)12-3-4-14-6-8(5-13-14)15(17)18/h5-7,9H,3-4,11H2,1-2H3,(H,12,16)/t9-/m0/s1. The van der Waals surface area contributed by atoms with Crippen LogP contribution in [0.15, 0.2) is 12.4 Å². The summed E-state index contributed by atoms with van der Waals surface area (Å²) in [6.45, 7) is 4.42. The van der Waals surface area contributed by atoms with E-state index in [1.165, 1.54) is 17.1 Å². The van der Waals surface area contributed by atoms with Gasteiger partial charge in [-0.15, -0.1) is 0 Å². The quantitative estimate of drug-likeness (QED) is 0.543. The van der Waals surface area contributed by atoms with Crippen molar-refractivity contribution < 1.29 is 9.72 Å². The van der Waals surface area contributed by atoms with Crippen molar-refractivity contribution in [1.82, 2.24) is 15.1 Å². The van der Waals surface area contributed by atoms with E-state index in [-0.39, 0.29) is 17.5 Å². The van der Waals surface area contributed by atoms with Crippen molar-refractivity contribution in [3.8, 4) is 0 Å². The minimum Gasteiger partial charge on any atom is -0.353 e. The summed E-state index contributed by atoms with van der Waals surface area (Å²) in [5.41, 5.74) is 5.59. The van der Waals surface area contributed by atoms with Crippen molar-refractivity contribution in [2.75, 3.05) is 6.54 Å². The molecule has 0 unspecified atom stereocenters. The molecule has 0 aliphatic heterocycles. The van der Waals surface area contributed by atoms with Gasteiger partial charge < -0.3 is 11.1 Å². The number of hydrogen-bond donors (Lipinski definition) is 2. The van der Waals surface area contributed by atoms with Gasteiger partial charge in [0.05, 0.1) is 17.5 Å². The number of nitrogens with zero attached hydrogens (tertiary/aromatic N) is 3. The highest BCUT2D eigenvalue weighted by Crippen LogP contribution is 2.07. The molecule has 0 saturated carbocycles. The molecule has 0 aliphatic rings. The fourth-order valence-electron chi connectivity index (χ4n) is 1.28. The van der Waals surface area contributed by atoms with Gasteiger partial charge in [-0.05, 0) is 5.92 Å². The van der Waals surface area contributed by atoms with Gasteiger partial charge in [0.1, 0.15) is 12.4 Å². The molecule has 0 saturated heterocycles. The molecule has 1 aromatic heterocycles. The molecule has 1 rings (SSSR count). The van der Waals surface area contributed by atoms with Crippen molar-refractivity contribution in [2.24, 2.45) is 11.7 Å². The lowest BCUT2D eigenvalue weighted by Crippen LogP contribution is -2.44. The molecule has 0 aromatic carbocycles. The lowest BCUT2D eigenvalue weighted by atomic mass is 10.1. The number of nitrogens with two attached hydrogens (primary N) is 1. The number of nitro groups is 1.